The fourth-order valence-corrected chi connectivity index (χ4v) is 6.46. The summed E-state index contributed by atoms with van der Waals surface area (Å²) in [6, 6.07) is 16.9. The molecule has 0 unspecified atom stereocenters. The Morgan fingerprint density at radius 1 is 1.00 bits per heavy atom. The van der Waals surface area contributed by atoms with E-state index in [4.69, 9.17) is 9.57 Å². The van der Waals surface area contributed by atoms with Crippen LogP contribution >= 0.6 is 0 Å². The van der Waals surface area contributed by atoms with Crippen LogP contribution in [0.3, 0.4) is 0 Å². The van der Waals surface area contributed by atoms with E-state index in [9.17, 15) is 8.42 Å². The van der Waals surface area contributed by atoms with Gasteiger partial charge in [-0.2, -0.15) is 5.06 Å². The molecule has 2 atom stereocenters. The molecule has 1 saturated carbocycles. The van der Waals surface area contributed by atoms with Crippen molar-refractivity contribution in [3.8, 4) is 11.5 Å². The third-order valence-corrected chi connectivity index (χ3v) is 8.50. The molecule has 0 radical (unpaired) electrons. The Bertz CT molecular complexity index is 945. The average molecular weight is 431 g/mol. The van der Waals surface area contributed by atoms with E-state index in [0.717, 1.165) is 37.0 Å². The fraction of sp³-hybridized carbons (Fsp3) is 0.478. The molecule has 1 saturated heterocycles. The Morgan fingerprint density at radius 2 is 1.70 bits per heavy atom. The van der Waals surface area contributed by atoms with Gasteiger partial charge in [-0.15, -0.1) is 0 Å². The molecule has 2 aliphatic rings. The van der Waals surface area contributed by atoms with Gasteiger partial charge in [0, 0.05) is 20.1 Å². The Kier molecular flexibility index (Phi) is 6.43. The first-order chi connectivity index (χ1) is 14.5. The number of sulfonamides is 1. The van der Waals surface area contributed by atoms with Crippen molar-refractivity contribution in [2.45, 2.75) is 49.4 Å². The number of nitrogens with zero attached hydrogens (tertiary/aromatic N) is 2. The molecule has 0 amide bonds. The van der Waals surface area contributed by atoms with E-state index in [1.165, 1.54) is 6.42 Å². The molecule has 2 fully saturated rings. The summed E-state index contributed by atoms with van der Waals surface area (Å²) in [4.78, 5) is 5.70. The molecule has 0 aromatic heterocycles. The molecule has 162 valence electrons. The van der Waals surface area contributed by atoms with E-state index in [-0.39, 0.29) is 18.7 Å². The number of rotatable bonds is 6. The summed E-state index contributed by atoms with van der Waals surface area (Å²) >= 11 is 0. The maximum atomic E-state index is 13.5. The van der Waals surface area contributed by atoms with Crippen molar-refractivity contribution in [1.82, 2.24) is 9.37 Å². The van der Waals surface area contributed by atoms with Gasteiger partial charge < -0.3 is 4.74 Å². The Hall–Kier alpha value is -1.93. The first kappa shape index (κ1) is 21.3. The van der Waals surface area contributed by atoms with Crippen LogP contribution in [0.5, 0.6) is 11.5 Å². The van der Waals surface area contributed by atoms with Gasteiger partial charge in [-0.05, 0) is 42.7 Å². The highest BCUT2D eigenvalue weighted by Gasteiger charge is 2.46. The number of para-hydroxylation sites is 1. The van der Waals surface area contributed by atoms with Crippen molar-refractivity contribution in [2.75, 3.05) is 20.7 Å². The van der Waals surface area contributed by atoms with Crippen molar-refractivity contribution >= 4 is 10.0 Å². The van der Waals surface area contributed by atoms with Gasteiger partial charge in [-0.1, -0.05) is 49.6 Å². The van der Waals surface area contributed by atoms with E-state index >= 15 is 0 Å². The molecule has 0 N–H and O–H groups in total. The Labute approximate surface area is 179 Å². The number of hydrogen-bond acceptors (Lipinski definition) is 5. The van der Waals surface area contributed by atoms with E-state index in [0.29, 0.717) is 5.75 Å². The Morgan fingerprint density at radius 3 is 2.43 bits per heavy atom. The SMILES string of the molecule is CN1OC[C@H](S(=O)(=O)N(C)C2CCCCC2)[C@H]1c1cccc(Oc2ccccc2)c1. The summed E-state index contributed by atoms with van der Waals surface area (Å²) in [5.74, 6) is 1.42. The van der Waals surface area contributed by atoms with Crippen molar-refractivity contribution in [3.63, 3.8) is 0 Å². The second kappa shape index (κ2) is 9.06. The molecular weight excluding hydrogens is 400 g/mol. The van der Waals surface area contributed by atoms with Crippen molar-refractivity contribution in [2.24, 2.45) is 0 Å². The van der Waals surface area contributed by atoms with Gasteiger partial charge in [0.05, 0.1) is 12.6 Å². The van der Waals surface area contributed by atoms with Crippen LogP contribution in [0.25, 0.3) is 0 Å². The molecule has 1 heterocycles. The molecule has 2 aromatic carbocycles. The zero-order chi connectivity index (χ0) is 21.1. The van der Waals surface area contributed by atoms with E-state index < -0.39 is 15.3 Å². The van der Waals surface area contributed by atoms with Crippen molar-refractivity contribution in [1.29, 1.82) is 0 Å². The van der Waals surface area contributed by atoms with Crippen LogP contribution in [0.2, 0.25) is 0 Å². The maximum Gasteiger partial charge on any atom is 0.221 e. The highest BCUT2D eigenvalue weighted by Crippen LogP contribution is 2.38. The second-order valence-electron chi connectivity index (χ2n) is 8.17. The van der Waals surface area contributed by atoms with Gasteiger partial charge in [0.15, 0.2) is 0 Å². The van der Waals surface area contributed by atoms with E-state index in [1.807, 2.05) is 54.6 Å². The lowest BCUT2D eigenvalue weighted by Gasteiger charge is -2.33. The fourth-order valence-electron chi connectivity index (χ4n) is 4.52. The molecule has 1 aliphatic heterocycles. The quantitative estimate of drug-likeness (QED) is 0.682. The average Bonchev–Trinajstić information content (AvgIpc) is 3.17. The lowest BCUT2D eigenvalue weighted by molar-refractivity contribution is -0.110. The summed E-state index contributed by atoms with van der Waals surface area (Å²) in [5, 5.41) is 1.01. The second-order valence-corrected chi connectivity index (χ2v) is 10.4. The zero-order valence-electron chi connectivity index (χ0n) is 17.6. The number of benzene rings is 2. The molecule has 30 heavy (non-hydrogen) atoms. The highest BCUT2D eigenvalue weighted by atomic mass is 32.2. The molecule has 4 rings (SSSR count). The van der Waals surface area contributed by atoms with Gasteiger partial charge >= 0.3 is 0 Å². The van der Waals surface area contributed by atoms with Gasteiger partial charge in [0.1, 0.15) is 16.7 Å². The summed E-state index contributed by atoms with van der Waals surface area (Å²) in [6.07, 6.45) is 5.24. The van der Waals surface area contributed by atoms with Crippen LogP contribution in [0.4, 0.5) is 0 Å². The van der Waals surface area contributed by atoms with Crippen LogP contribution < -0.4 is 4.74 Å². The smallest absolute Gasteiger partial charge is 0.221 e. The molecule has 0 bridgehead atoms. The van der Waals surface area contributed by atoms with E-state index in [2.05, 4.69) is 0 Å². The third kappa shape index (κ3) is 4.39. The number of hydroxylamine groups is 2. The minimum atomic E-state index is -3.51. The highest BCUT2D eigenvalue weighted by molar-refractivity contribution is 7.89. The standard InChI is InChI=1S/C23H30N2O4S/c1-24-23(18-10-9-15-21(16-18)29-20-13-7-4-8-14-20)22(17-28-24)30(26,27)25(2)19-11-5-3-6-12-19/h4,7-10,13-16,19,22-23H,3,5-6,11-12,17H2,1-2H3/t22-,23+/m0/s1. The minimum Gasteiger partial charge on any atom is -0.457 e. The van der Waals surface area contributed by atoms with Crippen LogP contribution in [-0.2, 0) is 14.9 Å². The van der Waals surface area contributed by atoms with Crippen LogP contribution in [0.1, 0.15) is 43.7 Å². The summed E-state index contributed by atoms with van der Waals surface area (Å²) in [7, 11) is 0.0145. The third-order valence-electron chi connectivity index (χ3n) is 6.24. The predicted molar refractivity (Wildman–Crippen MR) is 117 cm³/mol. The summed E-state index contributed by atoms with van der Waals surface area (Å²) < 4.78 is 34.6. The lowest BCUT2D eigenvalue weighted by Crippen LogP contribution is -2.45. The largest absolute Gasteiger partial charge is 0.457 e. The first-order valence-electron chi connectivity index (χ1n) is 10.6. The minimum absolute atomic E-state index is 0.0862. The van der Waals surface area contributed by atoms with Gasteiger partial charge in [-0.3, -0.25) is 4.84 Å². The van der Waals surface area contributed by atoms with Crippen LogP contribution in [0, 0.1) is 0 Å². The van der Waals surface area contributed by atoms with Crippen molar-refractivity contribution < 1.29 is 18.0 Å². The molecule has 0 spiro atoms. The normalized spacial score (nSPS) is 23.7. The molecule has 7 heteroatoms. The topological polar surface area (TPSA) is 59.1 Å². The maximum absolute atomic E-state index is 13.5. The molecule has 6 nitrogen and oxygen atoms in total. The van der Waals surface area contributed by atoms with Gasteiger partial charge in [-0.25, -0.2) is 12.7 Å². The first-order valence-corrected chi connectivity index (χ1v) is 12.1. The monoisotopic (exact) mass is 430 g/mol. The zero-order valence-corrected chi connectivity index (χ0v) is 18.4. The van der Waals surface area contributed by atoms with E-state index in [1.54, 1.807) is 23.5 Å². The lowest BCUT2D eigenvalue weighted by atomic mass is 9.96. The predicted octanol–water partition coefficient (Wildman–Crippen LogP) is 4.36. The summed E-state index contributed by atoms with van der Waals surface area (Å²) in [6.45, 7) is 0.157. The van der Waals surface area contributed by atoms with Crippen LogP contribution in [-0.4, -0.2) is 49.8 Å². The van der Waals surface area contributed by atoms with Crippen LogP contribution in [0.15, 0.2) is 54.6 Å². The van der Waals surface area contributed by atoms with Gasteiger partial charge in [0.2, 0.25) is 10.0 Å². The molecular formula is C23H30N2O4S. The Balaban J connectivity index is 1.58. The van der Waals surface area contributed by atoms with Gasteiger partial charge in [0.25, 0.3) is 0 Å². The number of hydrogen-bond donors (Lipinski definition) is 0. The van der Waals surface area contributed by atoms with Crippen molar-refractivity contribution in [3.05, 3.63) is 60.2 Å². The summed E-state index contributed by atoms with van der Waals surface area (Å²) in [5.41, 5.74) is 0.869. The molecule has 2 aromatic rings. The number of ether oxygens (including phenoxy) is 1. The molecule has 1 aliphatic carbocycles.